The average molecular weight is 603 g/mol. The number of hydrogen-bond donors (Lipinski definition) is 2. The van der Waals surface area contributed by atoms with Crippen LogP contribution in [0, 0.1) is 13.8 Å². The Kier molecular flexibility index (Phi) is 8.14. The molecule has 1 heterocycles. The van der Waals surface area contributed by atoms with E-state index in [-0.39, 0.29) is 12.5 Å². The summed E-state index contributed by atoms with van der Waals surface area (Å²) in [4.78, 5) is 17.1. The molecule has 0 aliphatic rings. The summed E-state index contributed by atoms with van der Waals surface area (Å²) in [5.74, 6) is 0.800. The SMILES string of the molecule is COc1cc(CNc2ccc(-c3nc4ccc(C)cc4s3)cc2)c(Br)cc1OCC(=O)Nc1ccc(C)cc1. The van der Waals surface area contributed by atoms with Crippen LogP contribution in [-0.2, 0) is 11.3 Å². The number of hydrogen-bond acceptors (Lipinski definition) is 6. The Balaban J connectivity index is 1.20. The largest absolute Gasteiger partial charge is 0.493 e. The van der Waals surface area contributed by atoms with Crippen LogP contribution in [0.1, 0.15) is 16.7 Å². The van der Waals surface area contributed by atoms with E-state index in [9.17, 15) is 4.79 Å². The molecule has 0 aliphatic heterocycles. The zero-order chi connectivity index (χ0) is 27.4. The number of rotatable bonds is 9. The number of anilines is 2. The molecule has 6 nitrogen and oxygen atoms in total. The van der Waals surface area contributed by atoms with Gasteiger partial charge in [-0.25, -0.2) is 4.98 Å². The van der Waals surface area contributed by atoms with Gasteiger partial charge in [0.1, 0.15) is 5.01 Å². The van der Waals surface area contributed by atoms with E-state index >= 15 is 0 Å². The molecule has 5 aromatic rings. The number of benzene rings is 4. The van der Waals surface area contributed by atoms with Gasteiger partial charge in [0.2, 0.25) is 0 Å². The summed E-state index contributed by atoms with van der Waals surface area (Å²) in [6.45, 7) is 4.54. The first-order chi connectivity index (χ1) is 18.9. The van der Waals surface area contributed by atoms with Crippen LogP contribution in [0.15, 0.2) is 83.3 Å². The molecular weight excluding hydrogens is 574 g/mol. The van der Waals surface area contributed by atoms with Crippen molar-refractivity contribution >= 4 is 54.8 Å². The maximum atomic E-state index is 12.4. The summed E-state index contributed by atoms with van der Waals surface area (Å²) in [6.07, 6.45) is 0. The van der Waals surface area contributed by atoms with Gasteiger partial charge in [-0.1, -0.05) is 39.7 Å². The van der Waals surface area contributed by atoms with E-state index in [0.29, 0.717) is 18.0 Å². The monoisotopic (exact) mass is 601 g/mol. The van der Waals surface area contributed by atoms with Gasteiger partial charge in [0, 0.05) is 28.0 Å². The van der Waals surface area contributed by atoms with Crippen molar-refractivity contribution < 1.29 is 14.3 Å². The fourth-order valence-corrected chi connectivity index (χ4v) is 5.58. The number of aryl methyl sites for hydroxylation is 2. The third-order valence-corrected chi connectivity index (χ3v) is 7.99. The van der Waals surface area contributed by atoms with Crippen molar-refractivity contribution in [1.29, 1.82) is 0 Å². The second-order valence-corrected chi connectivity index (χ2v) is 11.1. The molecule has 0 radical (unpaired) electrons. The van der Waals surface area contributed by atoms with E-state index in [4.69, 9.17) is 14.5 Å². The number of nitrogens with zero attached hydrogens (tertiary/aromatic N) is 1. The summed E-state index contributed by atoms with van der Waals surface area (Å²) in [5, 5.41) is 7.31. The quantitative estimate of drug-likeness (QED) is 0.179. The van der Waals surface area contributed by atoms with Crippen LogP contribution in [-0.4, -0.2) is 24.6 Å². The Morgan fingerprint density at radius 1 is 0.897 bits per heavy atom. The van der Waals surface area contributed by atoms with Gasteiger partial charge >= 0.3 is 0 Å². The molecule has 0 saturated carbocycles. The molecular formula is C31H28BrN3O3S. The van der Waals surface area contributed by atoms with E-state index in [1.165, 1.54) is 10.3 Å². The number of nitrogens with one attached hydrogen (secondary N) is 2. The van der Waals surface area contributed by atoms with Crippen molar-refractivity contribution in [3.63, 3.8) is 0 Å². The van der Waals surface area contributed by atoms with Crippen molar-refractivity contribution in [3.05, 3.63) is 100 Å². The van der Waals surface area contributed by atoms with Gasteiger partial charge in [0.25, 0.3) is 5.91 Å². The third-order valence-electron chi connectivity index (χ3n) is 6.19. The Labute approximate surface area is 240 Å². The lowest BCUT2D eigenvalue weighted by Gasteiger charge is -2.15. The summed E-state index contributed by atoms with van der Waals surface area (Å²) < 4.78 is 13.4. The Hall–Kier alpha value is -3.88. The van der Waals surface area contributed by atoms with Crippen LogP contribution in [0.2, 0.25) is 0 Å². The van der Waals surface area contributed by atoms with Gasteiger partial charge in [-0.3, -0.25) is 4.79 Å². The van der Waals surface area contributed by atoms with Crippen molar-refractivity contribution in [2.24, 2.45) is 0 Å². The van der Waals surface area contributed by atoms with Crippen LogP contribution in [0.5, 0.6) is 11.5 Å². The van der Waals surface area contributed by atoms with Crippen LogP contribution >= 0.6 is 27.3 Å². The van der Waals surface area contributed by atoms with Crippen LogP contribution in [0.4, 0.5) is 11.4 Å². The number of ether oxygens (including phenoxy) is 2. The maximum absolute atomic E-state index is 12.4. The highest BCUT2D eigenvalue weighted by Crippen LogP contribution is 2.35. The van der Waals surface area contributed by atoms with Gasteiger partial charge in [0.05, 0.1) is 17.3 Å². The van der Waals surface area contributed by atoms with E-state index in [1.54, 1.807) is 18.4 Å². The lowest BCUT2D eigenvalue weighted by atomic mass is 10.1. The number of halogens is 1. The molecule has 4 aromatic carbocycles. The standard InChI is InChI=1S/C31H28BrN3O3S/c1-19-4-9-24(10-5-19)34-30(36)18-38-28-16-25(32)22(15-27(28)37-3)17-33-23-11-7-21(8-12-23)31-35-26-13-6-20(2)14-29(26)39-31/h4-16,33H,17-18H2,1-3H3,(H,34,36). The molecule has 198 valence electrons. The molecule has 0 bridgehead atoms. The number of fused-ring (bicyclic) bond motifs is 1. The fourth-order valence-electron chi connectivity index (χ4n) is 4.05. The minimum absolute atomic E-state index is 0.130. The van der Waals surface area contributed by atoms with Crippen molar-refractivity contribution in [2.45, 2.75) is 20.4 Å². The normalized spacial score (nSPS) is 10.9. The van der Waals surface area contributed by atoms with E-state index in [1.807, 2.05) is 43.3 Å². The number of thiazole rings is 1. The average Bonchev–Trinajstić information content (AvgIpc) is 3.36. The number of aromatic nitrogens is 1. The smallest absolute Gasteiger partial charge is 0.262 e. The number of amides is 1. The third kappa shape index (κ3) is 6.58. The number of carbonyl (C=O) groups is 1. The van der Waals surface area contributed by atoms with E-state index < -0.39 is 0 Å². The van der Waals surface area contributed by atoms with Crippen LogP contribution in [0.25, 0.3) is 20.8 Å². The van der Waals surface area contributed by atoms with E-state index in [0.717, 1.165) is 43.1 Å². The minimum Gasteiger partial charge on any atom is -0.493 e. The predicted octanol–water partition coefficient (Wildman–Crippen LogP) is 7.98. The Morgan fingerprint density at radius 3 is 2.36 bits per heavy atom. The first kappa shape index (κ1) is 26.7. The first-order valence-corrected chi connectivity index (χ1v) is 14.1. The fraction of sp³-hybridized carbons (Fsp3) is 0.161. The number of methoxy groups -OCH3 is 1. The molecule has 5 rings (SSSR count). The number of carbonyl (C=O) groups excluding carboxylic acids is 1. The highest BCUT2D eigenvalue weighted by molar-refractivity contribution is 9.10. The maximum Gasteiger partial charge on any atom is 0.262 e. The van der Waals surface area contributed by atoms with Crippen molar-refractivity contribution in [2.75, 3.05) is 24.4 Å². The van der Waals surface area contributed by atoms with Crippen molar-refractivity contribution in [1.82, 2.24) is 4.98 Å². The zero-order valence-electron chi connectivity index (χ0n) is 21.9. The minimum atomic E-state index is -0.243. The summed E-state index contributed by atoms with van der Waals surface area (Å²) in [5.41, 5.74) is 7.21. The molecule has 0 saturated heterocycles. The second-order valence-electron chi connectivity index (χ2n) is 9.22. The molecule has 1 aromatic heterocycles. The van der Waals surface area contributed by atoms with Gasteiger partial charge in [0.15, 0.2) is 18.1 Å². The van der Waals surface area contributed by atoms with Gasteiger partial charge in [-0.2, -0.15) is 0 Å². The molecule has 0 spiro atoms. The van der Waals surface area contributed by atoms with Crippen LogP contribution in [0.3, 0.4) is 0 Å². The van der Waals surface area contributed by atoms with E-state index in [2.05, 4.69) is 76.0 Å². The van der Waals surface area contributed by atoms with Crippen molar-refractivity contribution in [3.8, 4) is 22.1 Å². The highest BCUT2D eigenvalue weighted by Gasteiger charge is 2.13. The Morgan fingerprint density at radius 2 is 1.62 bits per heavy atom. The molecule has 0 atom stereocenters. The molecule has 0 fully saturated rings. The summed E-state index contributed by atoms with van der Waals surface area (Å²) in [6, 6.07) is 26.0. The topological polar surface area (TPSA) is 72.5 Å². The molecule has 39 heavy (non-hydrogen) atoms. The molecule has 0 aliphatic carbocycles. The van der Waals surface area contributed by atoms with Gasteiger partial charge < -0.3 is 20.1 Å². The summed E-state index contributed by atoms with van der Waals surface area (Å²) in [7, 11) is 1.59. The lowest BCUT2D eigenvalue weighted by molar-refractivity contribution is -0.118. The Bertz CT molecular complexity index is 1620. The highest BCUT2D eigenvalue weighted by atomic mass is 79.9. The van der Waals surface area contributed by atoms with Gasteiger partial charge in [-0.15, -0.1) is 11.3 Å². The molecule has 0 unspecified atom stereocenters. The van der Waals surface area contributed by atoms with Gasteiger partial charge in [-0.05, 0) is 85.6 Å². The predicted molar refractivity (Wildman–Crippen MR) is 163 cm³/mol. The first-order valence-electron chi connectivity index (χ1n) is 12.4. The molecule has 8 heteroatoms. The van der Waals surface area contributed by atoms with Crippen LogP contribution < -0.4 is 20.1 Å². The molecule has 1 amide bonds. The summed E-state index contributed by atoms with van der Waals surface area (Å²) >= 11 is 5.34. The second kappa shape index (κ2) is 11.9. The zero-order valence-corrected chi connectivity index (χ0v) is 24.3. The molecule has 2 N–H and O–H groups in total. The lowest BCUT2D eigenvalue weighted by Crippen LogP contribution is -2.20.